The summed E-state index contributed by atoms with van der Waals surface area (Å²) in [4.78, 5) is 2.35. The maximum atomic E-state index is 10.1. The lowest BCUT2D eigenvalue weighted by atomic mass is 9.82. The second-order valence-electron chi connectivity index (χ2n) is 7.30. The van der Waals surface area contributed by atoms with Crippen LogP contribution in [0.25, 0.3) is 0 Å². The van der Waals surface area contributed by atoms with Crippen LogP contribution in [0.1, 0.15) is 27.7 Å². The smallest absolute Gasteiger partial charge is 0.309 e. The zero-order valence-corrected chi connectivity index (χ0v) is 15.4. The van der Waals surface area contributed by atoms with Crippen molar-refractivity contribution in [2.75, 3.05) is 39.5 Å². The van der Waals surface area contributed by atoms with E-state index in [2.05, 4.69) is 4.90 Å². The molecular formula is C18H30BNO4. The van der Waals surface area contributed by atoms with E-state index in [1.165, 1.54) is 0 Å². The fraction of sp³-hybridized carbons (Fsp3) is 0.667. The predicted octanol–water partition coefficient (Wildman–Crippen LogP) is 0.940. The fourth-order valence-electron chi connectivity index (χ4n) is 2.24. The van der Waals surface area contributed by atoms with Gasteiger partial charge in [-0.2, -0.15) is 0 Å². The number of morpholine rings is 1. The lowest BCUT2D eigenvalue weighted by Crippen LogP contribution is -2.49. The Morgan fingerprint density at radius 1 is 1.12 bits per heavy atom. The molecule has 1 aliphatic rings. The van der Waals surface area contributed by atoms with Gasteiger partial charge in [-0.1, -0.05) is 17.6 Å². The van der Waals surface area contributed by atoms with Gasteiger partial charge < -0.3 is 19.2 Å². The van der Waals surface area contributed by atoms with Crippen molar-refractivity contribution in [2.45, 2.75) is 38.9 Å². The molecular weight excluding hydrogens is 305 g/mol. The lowest BCUT2D eigenvalue weighted by molar-refractivity contribution is -0.0893. The molecule has 0 bridgehead atoms. The number of benzene rings is 1. The van der Waals surface area contributed by atoms with Crippen LogP contribution in [0, 0.1) is 0 Å². The summed E-state index contributed by atoms with van der Waals surface area (Å²) in [6, 6.07) is 7.94. The van der Waals surface area contributed by atoms with E-state index in [0.717, 1.165) is 44.1 Å². The Kier molecular flexibility index (Phi) is 6.69. The van der Waals surface area contributed by atoms with Crippen molar-refractivity contribution >= 4 is 12.9 Å². The molecule has 1 aliphatic heterocycles. The summed E-state index contributed by atoms with van der Waals surface area (Å²) < 4.78 is 17.0. The van der Waals surface area contributed by atoms with Crippen molar-refractivity contribution in [3.63, 3.8) is 0 Å². The molecule has 5 nitrogen and oxygen atoms in total. The van der Waals surface area contributed by atoms with Crippen molar-refractivity contribution in [3.8, 4) is 5.75 Å². The molecule has 0 radical (unpaired) electrons. The highest BCUT2D eigenvalue weighted by atomic mass is 16.5. The summed E-state index contributed by atoms with van der Waals surface area (Å²) in [5, 5.41) is 10.1. The maximum absolute atomic E-state index is 10.1. The van der Waals surface area contributed by atoms with E-state index < -0.39 is 11.2 Å². The van der Waals surface area contributed by atoms with E-state index >= 15 is 0 Å². The first kappa shape index (κ1) is 19.3. The molecule has 1 aromatic carbocycles. The quantitative estimate of drug-likeness (QED) is 0.717. The summed E-state index contributed by atoms with van der Waals surface area (Å²) in [7, 11) is 0.463. The minimum absolute atomic E-state index is 0.463. The van der Waals surface area contributed by atoms with Crippen molar-refractivity contribution < 1.29 is 19.2 Å². The van der Waals surface area contributed by atoms with Crippen LogP contribution in [0.3, 0.4) is 0 Å². The van der Waals surface area contributed by atoms with Gasteiger partial charge in [0.2, 0.25) is 0 Å². The van der Waals surface area contributed by atoms with Gasteiger partial charge in [0.25, 0.3) is 0 Å². The molecule has 1 aromatic rings. The highest BCUT2D eigenvalue weighted by Gasteiger charge is 2.35. The van der Waals surface area contributed by atoms with Crippen LogP contribution in [0.5, 0.6) is 5.75 Å². The van der Waals surface area contributed by atoms with Gasteiger partial charge in [0.1, 0.15) is 12.4 Å². The van der Waals surface area contributed by atoms with E-state index in [1.54, 1.807) is 13.8 Å². The number of hydrogen-bond donors (Lipinski definition) is 1. The predicted molar refractivity (Wildman–Crippen MR) is 97.4 cm³/mol. The summed E-state index contributed by atoms with van der Waals surface area (Å²) in [5.41, 5.74) is -0.441. The molecule has 1 fully saturated rings. The first-order valence-corrected chi connectivity index (χ1v) is 8.66. The molecule has 1 heterocycles. The molecule has 0 aliphatic carbocycles. The molecule has 0 aromatic heterocycles. The van der Waals surface area contributed by atoms with E-state index in [1.807, 2.05) is 38.1 Å². The minimum Gasteiger partial charge on any atom is -0.492 e. The fourth-order valence-corrected chi connectivity index (χ4v) is 2.24. The van der Waals surface area contributed by atoms with Crippen molar-refractivity contribution in [2.24, 2.45) is 0 Å². The van der Waals surface area contributed by atoms with Gasteiger partial charge in [-0.15, -0.1) is 0 Å². The summed E-state index contributed by atoms with van der Waals surface area (Å²) in [6.07, 6.45) is 0. The average Bonchev–Trinajstić information content (AvgIpc) is 2.54. The van der Waals surface area contributed by atoms with Crippen molar-refractivity contribution in [1.29, 1.82) is 0 Å². The van der Waals surface area contributed by atoms with Crippen molar-refractivity contribution in [1.82, 2.24) is 4.90 Å². The summed E-state index contributed by atoms with van der Waals surface area (Å²) >= 11 is 0. The lowest BCUT2D eigenvalue weighted by Gasteiger charge is -2.37. The number of aliphatic hydroxyl groups is 1. The Balaban J connectivity index is 1.74. The molecule has 0 saturated carbocycles. The van der Waals surface area contributed by atoms with Crippen LogP contribution in [-0.2, 0) is 9.39 Å². The topological polar surface area (TPSA) is 51.2 Å². The molecule has 0 unspecified atom stereocenters. The number of nitrogens with zero attached hydrogens (tertiary/aromatic N) is 1. The molecule has 1 N–H and O–H groups in total. The van der Waals surface area contributed by atoms with Gasteiger partial charge in [-0.3, -0.25) is 4.90 Å². The van der Waals surface area contributed by atoms with E-state index in [4.69, 9.17) is 14.1 Å². The standard InChI is InChI=1S/C18H30BNO4/c1-17(2,21)18(3,4)24-19-15-5-7-16(8-6-15)23-14-11-20-9-12-22-13-10-20/h5-8,19,21H,9-14H2,1-4H3. The van der Waals surface area contributed by atoms with E-state index in [-0.39, 0.29) is 0 Å². The van der Waals surface area contributed by atoms with Crippen LogP contribution in [0.15, 0.2) is 24.3 Å². The van der Waals surface area contributed by atoms with Crippen LogP contribution in [0.4, 0.5) is 0 Å². The molecule has 134 valence electrons. The second-order valence-corrected chi connectivity index (χ2v) is 7.30. The molecule has 0 spiro atoms. The van der Waals surface area contributed by atoms with Crippen LogP contribution >= 0.6 is 0 Å². The Bertz CT molecular complexity index is 493. The van der Waals surface area contributed by atoms with Gasteiger partial charge in [0.05, 0.1) is 24.4 Å². The Hall–Kier alpha value is -1.08. The first-order chi connectivity index (χ1) is 11.3. The SMILES string of the molecule is CC(C)(O)C(C)(C)OBc1ccc(OCCN2CCOCC2)cc1. The van der Waals surface area contributed by atoms with Gasteiger partial charge in [0, 0.05) is 19.6 Å². The monoisotopic (exact) mass is 335 g/mol. The number of rotatable bonds is 8. The Morgan fingerprint density at radius 3 is 2.33 bits per heavy atom. The first-order valence-electron chi connectivity index (χ1n) is 8.66. The summed E-state index contributed by atoms with van der Waals surface area (Å²) in [5.74, 6) is 0.869. The maximum Gasteiger partial charge on any atom is 0.309 e. The molecule has 0 atom stereocenters. The highest BCUT2D eigenvalue weighted by molar-refractivity contribution is 6.47. The molecule has 24 heavy (non-hydrogen) atoms. The van der Waals surface area contributed by atoms with Gasteiger partial charge in [0.15, 0.2) is 0 Å². The molecule has 2 rings (SSSR count). The molecule has 6 heteroatoms. The highest BCUT2D eigenvalue weighted by Crippen LogP contribution is 2.24. The third-order valence-electron chi connectivity index (χ3n) is 4.78. The molecule has 0 amide bonds. The minimum atomic E-state index is -0.893. The largest absolute Gasteiger partial charge is 0.492 e. The number of ether oxygens (including phenoxy) is 2. The van der Waals surface area contributed by atoms with E-state index in [9.17, 15) is 5.11 Å². The summed E-state index contributed by atoms with van der Waals surface area (Å²) in [6.45, 7) is 12.5. The normalized spacial score (nSPS) is 16.9. The van der Waals surface area contributed by atoms with Crippen LogP contribution < -0.4 is 10.2 Å². The Labute approximate surface area is 146 Å². The van der Waals surface area contributed by atoms with Crippen LogP contribution in [0.2, 0.25) is 0 Å². The van der Waals surface area contributed by atoms with Gasteiger partial charge in [-0.25, -0.2) is 0 Å². The Morgan fingerprint density at radius 2 is 1.75 bits per heavy atom. The van der Waals surface area contributed by atoms with Gasteiger partial charge >= 0.3 is 7.48 Å². The third kappa shape index (κ3) is 5.78. The second kappa shape index (κ2) is 8.34. The molecule has 1 saturated heterocycles. The third-order valence-corrected chi connectivity index (χ3v) is 4.78. The van der Waals surface area contributed by atoms with Crippen LogP contribution in [-0.4, -0.2) is 68.1 Å². The zero-order chi connectivity index (χ0) is 17.6. The average molecular weight is 335 g/mol. The van der Waals surface area contributed by atoms with E-state index in [0.29, 0.717) is 14.1 Å². The van der Waals surface area contributed by atoms with Gasteiger partial charge in [-0.05, 0) is 39.8 Å². The van der Waals surface area contributed by atoms with Crippen molar-refractivity contribution in [3.05, 3.63) is 24.3 Å². The number of hydrogen-bond acceptors (Lipinski definition) is 5. The zero-order valence-electron chi connectivity index (χ0n) is 15.4.